The van der Waals surface area contributed by atoms with Crippen molar-refractivity contribution in [3.8, 4) is 22.7 Å². The maximum absolute atomic E-state index is 13.7. The summed E-state index contributed by atoms with van der Waals surface area (Å²) in [5.74, 6) is -1.85. The van der Waals surface area contributed by atoms with Crippen molar-refractivity contribution >= 4 is 58.3 Å². The fraction of sp³-hybridized carbons (Fsp3) is 0.120. The summed E-state index contributed by atoms with van der Waals surface area (Å²) in [5.41, 5.74) is 11.0. The molecule has 0 spiro atoms. The van der Waals surface area contributed by atoms with Gasteiger partial charge in [0.05, 0.1) is 18.0 Å². The van der Waals surface area contributed by atoms with Crippen molar-refractivity contribution in [2.24, 2.45) is 5.73 Å². The Morgan fingerprint density at radius 2 is 0.985 bits per heavy atom. The second-order valence-electron chi connectivity index (χ2n) is 15.5. The van der Waals surface area contributed by atoms with E-state index in [0.29, 0.717) is 86.9 Å². The Bertz CT molecular complexity index is 3400. The summed E-state index contributed by atoms with van der Waals surface area (Å²) in [4.78, 5) is 79.4. The predicted octanol–water partition coefficient (Wildman–Crippen LogP) is 7.03. The third-order valence-electron chi connectivity index (χ3n) is 11.4. The molecule has 4 aromatic carbocycles. The number of ether oxygens (including phenoxy) is 1. The first kappa shape index (κ1) is 44.8. The lowest BCUT2D eigenvalue weighted by Crippen LogP contribution is -2.39. The van der Waals surface area contributed by atoms with Crippen molar-refractivity contribution in [2.45, 2.75) is 19.8 Å². The molecule has 10 rings (SSSR count). The predicted molar refractivity (Wildman–Crippen MR) is 256 cm³/mol. The van der Waals surface area contributed by atoms with Gasteiger partial charge in [-0.15, -0.1) is 0 Å². The van der Waals surface area contributed by atoms with Crippen LogP contribution in [0.3, 0.4) is 0 Å². The van der Waals surface area contributed by atoms with Crippen LogP contribution >= 0.6 is 23.2 Å². The molecule has 0 bridgehead atoms. The highest BCUT2D eigenvalue weighted by Gasteiger charge is 2.37. The SMILES string of the molecule is CCOC(=O)c1nn(-c2cccc(Cl)c2)c2c1CCN(c1ccc(-n3ccccc3=O)cc1)C2=O.NC(=O)c1nn(-c2cccc(Cl)c2)c2c1CCN(c1ccc(-n3ccccc3=O)cc1)C2=O. The van der Waals surface area contributed by atoms with Gasteiger partial charge in [-0.3, -0.25) is 33.1 Å². The van der Waals surface area contributed by atoms with Crippen LogP contribution in [0.1, 0.15) is 60.0 Å². The Morgan fingerprint density at radius 1 is 0.559 bits per heavy atom. The summed E-state index contributed by atoms with van der Waals surface area (Å²) in [7, 11) is 0. The van der Waals surface area contributed by atoms with E-state index >= 15 is 0 Å². The number of halogens is 2. The van der Waals surface area contributed by atoms with Gasteiger partial charge in [-0.05, 0) is 117 Å². The molecule has 0 unspecified atom stereocenters. The number of fused-ring (bicyclic) bond motifs is 2. The van der Waals surface area contributed by atoms with E-state index < -0.39 is 11.9 Å². The highest BCUT2D eigenvalue weighted by molar-refractivity contribution is 6.31. The number of carbonyl (C=O) groups is 4. The molecule has 6 heterocycles. The number of anilines is 2. The second kappa shape index (κ2) is 18.9. The monoisotopic (exact) mass is 947 g/mol. The van der Waals surface area contributed by atoms with E-state index in [1.807, 2.05) is 0 Å². The normalized spacial score (nSPS) is 13.0. The van der Waals surface area contributed by atoms with Gasteiger partial charge in [0.2, 0.25) is 0 Å². The van der Waals surface area contributed by atoms with Gasteiger partial charge < -0.3 is 20.3 Å². The van der Waals surface area contributed by atoms with Crippen molar-refractivity contribution in [1.82, 2.24) is 28.7 Å². The number of carbonyl (C=O) groups excluding carboxylic acids is 4. The molecule has 3 amide bonds. The van der Waals surface area contributed by atoms with Gasteiger partial charge in [-0.25, -0.2) is 14.2 Å². The molecule has 0 fully saturated rings. The molecule has 18 heteroatoms. The fourth-order valence-electron chi connectivity index (χ4n) is 8.23. The molecule has 2 aliphatic rings. The van der Waals surface area contributed by atoms with E-state index in [4.69, 9.17) is 33.7 Å². The lowest BCUT2D eigenvalue weighted by molar-refractivity contribution is 0.0517. The first-order chi connectivity index (χ1) is 32.9. The highest BCUT2D eigenvalue weighted by atomic mass is 35.5. The van der Waals surface area contributed by atoms with Crippen LogP contribution in [0.25, 0.3) is 22.7 Å². The number of rotatable bonds is 9. The third kappa shape index (κ3) is 8.61. The number of nitrogens with zero attached hydrogens (tertiary/aromatic N) is 8. The van der Waals surface area contributed by atoms with Crippen molar-refractivity contribution in [1.29, 1.82) is 0 Å². The summed E-state index contributed by atoms with van der Waals surface area (Å²) in [6.07, 6.45) is 4.22. The second-order valence-corrected chi connectivity index (χ2v) is 16.4. The van der Waals surface area contributed by atoms with E-state index in [9.17, 15) is 28.8 Å². The number of aromatic nitrogens is 6. The standard InChI is InChI=1S/C26H21ClN4O4.C24H18ClN5O3/c1-2-35-26(34)23-21-13-15-30(19-11-9-18(10-12-19)29-14-4-3-8-22(29)32)25(33)24(21)31(28-23)20-7-5-6-17(27)16-20;25-15-4-3-5-18(14-15)30-22-19(21(27-30)23(26)32)11-13-29(24(22)33)17-9-7-16(8-10-17)28-12-2-1-6-20(28)31/h3-12,14,16H,2,13,15H2,1H3;1-10,12,14H,11,13H2,(H2,26,32). The van der Waals surface area contributed by atoms with E-state index in [1.54, 1.807) is 150 Å². The van der Waals surface area contributed by atoms with Gasteiger partial charge >= 0.3 is 5.97 Å². The van der Waals surface area contributed by atoms with E-state index in [2.05, 4.69) is 10.2 Å². The zero-order valence-corrected chi connectivity index (χ0v) is 37.7. The molecule has 0 atom stereocenters. The molecular weight excluding hydrogens is 910 g/mol. The van der Waals surface area contributed by atoms with Gasteiger partial charge in [0.15, 0.2) is 11.4 Å². The van der Waals surface area contributed by atoms with Gasteiger partial charge in [-0.2, -0.15) is 10.2 Å². The van der Waals surface area contributed by atoms with E-state index in [-0.39, 0.29) is 46.6 Å². The van der Waals surface area contributed by atoms with Crippen LogP contribution in [0.5, 0.6) is 0 Å². The molecular formula is C50H39Cl2N9O7. The van der Waals surface area contributed by atoms with Gasteiger partial charge in [0.25, 0.3) is 28.8 Å². The molecule has 0 saturated heterocycles. The summed E-state index contributed by atoms with van der Waals surface area (Å²) >= 11 is 12.3. The molecule has 0 radical (unpaired) electrons. The Morgan fingerprint density at radius 3 is 1.40 bits per heavy atom. The van der Waals surface area contributed by atoms with Crippen LogP contribution in [0.4, 0.5) is 11.4 Å². The summed E-state index contributed by atoms with van der Waals surface area (Å²) in [6.45, 7) is 2.65. The zero-order valence-electron chi connectivity index (χ0n) is 36.2. The Kier molecular flexibility index (Phi) is 12.4. The first-order valence-corrected chi connectivity index (χ1v) is 22.1. The number of hydrogen-bond acceptors (Lipinski definition) is 9. The zero-order chi connectivity index (χ0) is 47.6. The van der Waals surface area contributed by atoms with Crippen molar-refractivity contribution < 1.29 is 23.9 Å². The number of nitrogens with two attached hydrogens (primary N) is 1. The minimum atomic E-state index is -0.689. The summed E-state index contributed by atoms with van der Waals surface area (Å²) in [5, 5.41) is 9.76. The van der Waals surface area contributed by atoms with E-state index in [1.165, 1.54) is 30.6 Å². The van der Waals surface area contributed by atoms with Crippen LogP contribution in [0.2, 0.25) is 10.0 Å². The van der Waals surface area contributed by atoms with Gasteiger partial charge in [0, 0.05) is 81.5 Å². The van der Waals surface area contributed by atoms with Gasteiger partial charge in [0.1, 0.15) is 11.4 Å². The van der Waals surface area contributed by atoms with Crippen molar-refractivity contribution in [3.05, 3.63) is 211 Å². The van der Waals surface area contributed by atoms with Gasteiger partial charge in [-0.1, -0.05) is 47.5 Å². The fourth-order valence-corrected chi connectivity index (χ4v) is 8.60. The van der Waals surface area contributed by atoms with Crippen LogP contribution in [0.15, 0.2) is 155 Å². The minimum Gasteiger partial charge on any atom is -0.461 e. The smallest absolute Gasteiger partial charge is 0.359 e. The number of amides is 3. The quantitative estimate of drug-likeness (QED) is 0.148. The van der Waals surface area contributed by atoms with E-state index in [0.717, 1.165) is 0 Å². The largest absolute Gasteiger partial charge is 0.461 e. The first-order valence-electron chi connectivity index (χ1n) is 21.3. The lowest BCUT2D eigenvalue weighted by atomic mass is 10.0. The Hall–Kier alpha value is -8.34. The number of primary amides is 1. The molecule has 4 aromatic heterocycles. The number of hydrogen-bond donors (Lipinski definition) is 1. The molecule has 16 nitrogen and oxygen atoms in total. The van der Waals surface area contributed by atoms with Crippen molar-refractivity contribution in [3.63, 3.8) is 0 Å². The third-order valence-corrected chi connectivity index (χ3v) is 11.8. The Balaban J connectivity index is 0.000000170. The number of benzene rings is 4. The number of pyridine rings is 2. The topological polar surface area (TPSA) is 190 Å². The van der Waals surface area contributed by atoms with Crippen LogP contribution in [-0.4, -0.2) is 72.1 Å². The van der Waals surface area contributed by atoms with Crippen LogP contribution < -0.4 is 26.7 Å². The molecule has 68 heavy (non-hydrogen) atoms. The minimum absolute atomic E-state index is 0.0803. The molecule has 2 aliphatic heterocycles. The lowest BCUT2D eigenvalue weighted by Gasteiger charge is -2.28. The highest BCUT2D eigenvalue weighted by Crippen LogP contribution is 2.32. The molecule has 0 saturated carbocycles. The van der Waals surface area contributed by atoms with Crippen molar-refractivity contribution in [2.75, 3.05) is 29.5 Å². The summed E-state index contributed by atoms with van der Waals surface area (Å²) in [6, 6.07) is 38.0. The maximum atomic E-state index is 13.7. The summed E-state index contributed by atoms with van der Waals surface area (Å²) < 4.78 is 11.1. The molecule has 2 N–H and O–H groups in total. The molecule has 0 aliphatic carbocycles. The number of esters is 1. The van der Waals surface area contributed by atoms with Crippen LogP contribution in [-0.2, 0) is 17.6 Å². The average Bonchev–Trinajstić information content (AvgIpc) is 3.94. The Labute approximate surface area is 397 Å². The molecule has 8 aromatic rings. The maximum Gasteiger partial charge on any atom is 0.359 e. The average molecular weight is 949 g/mol. The van der Waals surface area contributed by atoms with Crippen LogP contribution in [0, 0.1) is 0 Å². The molecule has 340 valence electrons.